The van der Waals surface area contributed by atoms with E-state index in [9.17, 15) is 13.6 Å². The summed E-state index contributed by atoms with van der Waals surface area (Å²) < 4.78 is 25.0. The van der Waals surface area contributed by atoms with E-state index in [0.29, 0.717) is 0 Å². The first kappa shape index (κ1) is 12.8. The molecule has 1 saturated carbocycles. The Hall–Kier alpha value is -0.180. The summed E-state index contributed by atoms with van der Waals surface area (Å²) >= 11 is 5.17. The minimum atomic E-state index is -2.57. The van der Waals surface area contributed by atoms with Gasteiger partial charge in [0.25, 0.3) is 0 Å². The summed E-state index contributed by atoms with van der Waals surface area (Å²) in [6.07, 6.45) is 0.0664. The molecule has 0 N–H and O–H groups in total. The Morgan fingerprint density at radius 2 is 1.69 bits per heavy atom. The van der Waals surface area contributed by atoms with Gasteiger partial charge in [0.15, 0.2) is 0 Å². The lowest BCUT2D eigenvalue weighted by Gasteiger charge is -2.25. The van der Waals surface area contributed by atoms with Crippen molar-refractivity contribution in [2.24, 2.45) is 5.92 Å². The fraction of sp³-hybridized carbons (Fsp3) is 0.889. The molecule has 1 aliphatic carbocycles. The fourth-order valence-corrected chi connectivity index (χ4v) is 1.49. The van der Waals surface area contributed by atoms with Crippen molar-refractivity contribution in [2.75, 3.05) is 0 Å². The lowest BCUT2D eigenvalue weighted by atomic mass is 9.88. The molecule has 1 fully saturated rings. The average molecular weight is 213 g/mol. The van der Waals surface area contributed by atoms with Gasteiger partial charge >= 0.3 is 0 Å². The molecule has 1 rings (SSSR count). The summed E-state index contributed by atoms with van der Waals surface area (Å²) in [7, 11) is 0. The number of carbonyl (C=O) groups excluding carboxylic acids is 1. The molecule has 13 heavy (non-hydrogen) atoms. The topological polar surface area (TPSA) is 17.1 Å². The monoisotopic (exact) mass is 212 g/mol. The third-order valence-corrected chi connectivity index (χ3v) is 2.35. The highest BCUT2D eigenvalue weighted by Gasteiger charge is 2.36. The second kappa shape index (κ2) is 5.53. The van der Waals surface area contributed by atoms with Crippen LogP contribution in [0.3, 0.4) is 0 Å². The molecule has 4 heteroatoms. The van der Waals surface area contributed by atoms with Crippen molar-refractivity contribution in [3.05, 3.63) is 0 Å². The van der Waals surface area contributed by atoms with Crippen LogP contribution in [0, 0.1) is 5.92 Å². The van der Waals surface area contributed by atoms with E-state index in [4.69, 9.17) is 11.6 Å². The van der Waals surface area contributed by atoms with Gasteiger partial charge in [0.1, 0.15) is 0 Å². The van der Waals surface area contributed by atoms with Gasteiger partial charge in [-0.25, -0.2) is 8.78 Å². The molecule has 0 aliphatic heterocycles. The van der Waals surface area contributed by atoms with E-state index in [1.54, 1.807) is 0 Å². The smallest absolute Gasteiger partial charge is 0.248 e. The van der Waals surface area contributed by atoms with Crippen molar-refractivity contribution in [1.82, 2.24) is 0 Å². The Morgan fingerprint density at radius 3 is 2.00 bits per heavy atom. The van der Waals surface area contributed by atoms with E-state index in [1.807, 2.05) is 13.8 Å². The fourth-order valence-electron chi connectivity index (χ4n) is 1.27. The van der Waals surface area contributed by atoms with Crippen LogP contribution in [0.25, 0.3) is 0 Å². The summed E-state index contributed by atoms with van der Waals surface area (Å²) in [5, 5.41) is -0.472. The van der Waals surface area contributed by atoms with Crippen LogP contribution in [0.15, 0.2) is 0 Å². The molecule has 0 aromatic rings. The first-order valence-electron chi connectivity index (χ1n) is 4.58. The van der Waals surface area contributed by atoms with Gasteiger partial charge in [-0.3, -0.25) is 4.79 Å². The van der Waals surface area contributed by atoms with Crippen molar-refractivity contribution in [1.29, 1.82) is 0 Å². The number of alkyl halides is 2. The molecule has 0 atom stereocenters. The number of hydrogen-bond acceptors (Lipinski definition) is 1. The molecule has 0 heterocycles. The lowest BCUT2D eigenvalue weighted by Crippen LogP contribution is -2.26. The zero-order valence-electron chi connectivity index (χ0n) is 7.95. The summed E-state index contributed by atoms with van der Waals surface area (Å²) in [6, 6.07) is 0. The highest BCUT2D eigenvalue weighted by molar-refractivity contribution is 6.63. The Morgan fingerprint density at radius 1 is 1.31 bits per heavy atom. The Kier molecular flexibility index (Phi) is 5.45. The van der Waals surface area contributed by atoms with E-state index < -0.39 is 11.2 Å². The second-order valence-electron chi connectivity index (χ2n) is 2.93. The summed E-state index contributed by atoms with van der Waals surface area (Å²) in [6.45, 7) is 4.00. The quantitative estimate of drug-likeness (QED) is 0.607. The summed E-state index contributed by atoms with van der Waals surface area (Å²) in [5.74, 6) is -2.90. The lowest BCUT2D eigenvalue weighted by molar-refractivity contribution is -0.119. The highest BCUT2D eigenvalue weighted by atomic mass is 35.5. The highest BCUT2D eigenvalue weighted by Crippen LogP contribution is 2.36. The van der Waals surface area contributed by atoms with Crippen LogP contribution in [0.5, 0.6) is 0 Å². The van der Waals surface area contributed by atoms with Crippen LogP contribution >= 0.6 is 11.6 Å². The third-order valence-electron chi connectivity index (χ3n) is 2.04. The molecule has 0 aromatic heterocycles. The predicted molar refractivity (Wildman–Crippen MR) is 49.1 cm³/mol. The third kappa shape index (κ3) is 4.55. The minimum Gasteiger partial charge on any atom is -0.281 e. The zero-order valence-corrected chi connectivity index (χ0v) is 8.70. The van der Waals surface area contributed by atoms with Crippen LogP contribution in [0.4, 0.5) is 8.78 Å². The van der Waals surface area contributed by atoms with E-state index in [1.165, 1.54) is 0 Å². The van der Waals surface area contributed by atoms with Gasteiger partial charge in [0, 0.05) is 18.8 Å². The normalized spacial score (nSPS) is 21.6. The van der Waals surface area contributed by atoms with Crippen molar-refractivity contribution in [2.45, 2.75) is 45.5 Å². The van der Waals surface area contributed by atoms with Crippen LogP contribution in [-0.2, 0) is 4.79 Å². The molecule has 0 saturated heterocycles. The molecule has 0 unspecified atom stereocenters. The standard InChI is InChI=1S/C7H9ClF2O.C2H6/c8-6(11)5-1-3-7(9,10)4-2-5;1-2/h5H,1-4H2;1-2H3. The van der Waals surface area contributed by atoms with Crippen molar-refractivity contribution in [3.63, 3.8) is 0 Å². The molecule has 0 radical (unpaired) electrons. The molecule has 1 nitrogen and oxygen atoms in total. The molecular weight excluding hydrogens is 198 g/mol. The van der Waals surface area contributed by atoms with E-state index in [0.717, 1.165) is 0 Å². The SMILES string of the molecule is CC.O=C(Cl)C1CCC(F)(F)CC1. The summed E-state index contributed by atoms with van der Waals surface area (Å²) in [5.41, 5.74) is 0. The first-order valence-corrected chi connectivity index (χ1v) is 4.96. The molecule has 0 bridgehead atoms. The van der Waals surface area contributed by atoms with Gasteiger partial charge in [-0.15, -0.1) is 0 Å². The minimum absolute atomic E-state index is 0.198. The van der Waals surface area contributed by atoms with Gasteiger partial charge in [-0.1, -0.05) is 13.8 Å². The van der Waals surface area contributed by atoms with Crippen LogP contribution in [-0.4, -0.2) is 11.2 Å². The molecule has 78 valence electrons. The van der Waals surface area contributed by atoms with Gasteiger partial charge in [-0.05, 0) is 24.4 Å². The zero-order chi connectivity index (χ0) is 10.5. The first-order chi connectivity index (χ1) is 6.01. The number of halogens is 3. The maximum atomic E-state index is 12.5. The molecule has 0 spiro atoms. The van der Waals surface area contributed by atoms with E-state index >= 15 is 0 Å². The van der Waals surface area contributed by atoms with Crippen LogP contribution in [0.1, 0.15) is 39.5 Å². The average Bonchev–Trinajstić information content (AvgIpc) is 2.07. The van der Waals surface area contributed by atoms with Crippen molar-refractivity contribution < 1.29 is 13.6 Å². The Bertz CT molecular complexity index is 161. The number of rotatable bonds is 1. The maximum absolute atomic E-state index is 12.5. The van der Waals surface area contributed by atoms with Gasteiger partial charge in [0.2, 0.25) is 11.2 Å². The Balaban J connectivity index is 0.000000671. The Labute approximate surface area is 82.5 Å². The van der Waals surface area contributed by atoms with Crippen molar-refractivity contribution >= 4 is 16.8 Å². The van der Waals surface area contributed by atoms with Gasteiger partial charge < -0.3 is 0 Å². The van der Waals surface area contributed by atoms with Gasteiger partial charge in [0.05, 0.1) is 0 Å². The summed E-state index contributed by atoms with van der Waals surface area (Å²) in [4.78, 5) is 10.5. The van der Waals surface area contributed by atoms with Crippen molar-refractivity contribution in [3.8, 4) is 0 Å². The molecular formula is C9H15ClF2O. The molecule has 0 aromatic carbocycles. The van der Waals surface area contributed by atoms with Crippen LogP contribution in [0.2, 0.25) is 0 Å². The second-order valence-corrected chi connectivity index (χ2v) is 3.31. The molecule has 0 amide bonds. The van der Waals surface area contributed by atoms with E-state index in [-0.39, 0.29) is 31.6 Å². The maximum Gasteiger partial charge on any atom is 0.248 e. The molecule has 1 aliphatic rings. The largest absolute Gasteiger partial charge is 0.281 e. The van der Waals surface area contributed by atoms with E-state index in [2.05, 4.69) is 0 Å². The number of hydrogen-bond donors (Lipinski definition) is 0. The predicted octanol–water partition coefficient (Wildman–Crippen LogP) is 3.60. The van der Waals surface area contributed by atoms with Gasteiger partial charge in [-0.2, -0.15) is 0 Å². The van der Waals surface area contributed by atoms with Crippen LogP contribution < -0.4 is 0 Å². The number of carbonyl (C=O) groups is 1.